The van der Waals surface area contributed by atoms with E-state index in [0.717, 1.165) is 5.92 Å². The minimum atomic E-state index is 0.104. The van der Waals surface area contributed by atoms with E-state index in [4.69, 9.17) is 0 Å². The van der Waals surface area contributed by atoms with Gasteiger partial charge in [0.25, 0.3) is 0 Å². The van der Waals surface area contributed by atoms with Gasteiger partial charge >= 0.3 is 0 Å². The number of nitrogens with one attached hydrogen (secondary N) is 2. The molecule has 1 aliphatic rings. The zero-order chi connectivity index (χ0) is 8.27. The second-order valence-corrected chi connectivity index (χ2v) is 3.22. The Kier molecular flexibility index (Phi) is 2.88. The Hall–Kier alpha value is -0.570. The number of hydrogen-bond donors (Lipinski definition) is 2. The minimum absolute atomic E-state index is 0.104. The van der Waals surface area contributed by atoms with Crippen LogP contribution in [0.4, 0.5) is 0 Å². The van der Waals surface area contributed by atoms with Gasteiger partial charge in [-0.3, -0.25) is 4.79 Å². The van der Waals surface area contributed by atoms with Crippen molar-refractivity contribution < 1.29 is 4.79 Å². The molecule has 0 aromatic rings. The lowest BCUT2D eigenvalue weighted by Gasteiger charge is -2.11. The lowest BCUT2D eigenvalue weighted by molar-refractivity contribution is -0.120. The van der Waals surface area contributed by atoms with Gasteiger partial charge in [0.15, 0.2) is 0 Å². The van der Waals surface area contributed by atoms with Crippen LogP contribution in [0.5, 0.6) is 0 Å². The summed E-state index contributed by atoms with van der Waals surface area (Å²) in [6.45, 7) is 2.50. The minimum Gasteiger partial charge on any atom is -0.352 e. The molecule has 2 N–H and O–H groups in total. The van der Waals surface area contributed by atoms with Gasteiger partial charge in [-0.25, -0.2) is 0 Å². The highest BCUT2D eigenvalue weighted by Gasteiger charge is 2.28. The highest BCUT2D eigenvalue weighted by Crippen LogP contribution is 2.32. The Morgan fingerprint density at radius 1 is 1.64 bits per heavy atom. The van der Waals surface area contributed by atoms with Crippen LogP contribution in [0.1, 0.15) is 19.8 Å². The maximum atomic E-state index is 11.0. The van der Waals surface area contributed by atoms with Crippen molar-refractivity contribution in [3.8, 4) is 0 Å². The van der Waals surface area contributed by atoms with E-state index >= 15 is 0 Å². The summed E-state index contributed by atoms with van der Waals surface area (Å²) >= 11 is 0. The molecular weight excluding hydrogens is 140 g/mol. The van der Waals surface area contributed by atoms with Gasteiger partial charge in [-0.15, -0.1) is 0 Å². The van der Waals surface area contributed by atoms with E-state index in [1.807, 2.05) is 0 Å². The van der Waals surface area contributed by atoms with Crippen molar-refractivity contribution in [1.82, 2.24) is 10.6 Å². The number of amides is 1. The summed E-state index contributed by atoms with van der Waals surface area (Å²) in [4.78, 5) is 11.0. The Bertz CT molecular complexity index is 143. The van der Waals surface area contributed by atoms with Crippen LogP contribution >= 0.6 is 0 Å². The molecule has 0 aromatic heterocycles. The van der Waals surface area contributed by atoms with Crippen LogP contribution < -0.4 is 10.6 Å². The lowest BCUT2D eigenvalue weighted by atomic mass is 10.2. The summed E-state index contributed by atoms with van der Waals surface area (Å²) in [5, 5.41) is 5.76. The molecule has 3 nitrogen and oxygen atoms in total. The number of carbonyl (C=O) groups excluding carboxylic acids is 1. The lowest BCUT2D eigenvalue weighted by Crippen LogP contribution is -2.39. The average Bonchev–Trinajstić information content (AvgIpc) is 2.67. The van der Waals surface area contributed by atoms with E-state index in [0.29, 0.717) is 12.6 Å². The quantitative estimate of drug-likeness (QED) is 0.607. The van der Waals surface area contributed by atoms with Crippen LogP contribution in [-0.4, -0.2) is 25.5 Å². The van der Waals surface area contributed by atoms with Crippen LogP contribution in [0.3, 0.4) is 0 Å². The summed E-state index contributed by atoms with van der Waals surface area (Å²) in [6, 6.07) is 0.371. The normalized spacial score (nSPS) is 19.5. The SMILES string of the molecule is CNCC(=O)NC(C)C1CC1. The fourth-order valence-corrected chi connectivity index (χ4v) is 1.18. The third-order valence-corrected chi connectivity index (χ3v) is 2.06. The average molecular weight is 156 g/mol. The van der Waals surface area contributed by atoms with E-state index in [1.54, 1.807) is 7.05 Å². The molecule has 1 aliphatic carbocycles. The molecule has 64 valence electrons. The largest absolute Gasteiger partial charge is 0.352 e. The smallest absolute Gasteiger partial charge is 0.234 e. The molecule has 0 heterocycles. The molecular formula is C8H16N2O. The topological polar surface area (TPSA) is 41.1 Å². The van der Waals surface area contributed by atoms with Crippen LogP contribution in [0.25, 0.3) is 0 Å². The fourth-order valence-electron chi connectivity index (χ4n) is 1.18. The van der Waals surface area contributed by atoms with Gasteiger partial charge in [-0.2, -0.15) is 0 Å². The van der Waals surface area contributed by atoms with Crippen molar-refractivity contribution in [2.45, 2.75) is 25.8 Å². The first-order valence-corrected chi connectivity index (χ1v) is 4.18. The molecule has 0 saturated heterocycles. The van der Waals surface area contributed by atoms with E-state index in [-0.39, 0.29) is 5.91 Å². The maximum absolute atomic E-state index is 11.0. The molecule has 0 aliphatic heterocycles. The first-order valence-electron chi connectivity index (χ1n) is 4.18. The molecule has 0 aromatic carbocycles. The number of likely N-dealkylation sites (N-methyl/N-ethyl adjacent to an activating group) is 1. The monoisotopic (exact) mass is 156 g/mol. The Morgan fingerprint density at radius 2 is 2.27 bits per heavy atom. The van der Waals surface area contributed by atoms with Crippen molar-refractivity contribution in [3.63, 3.8) is 0 Å². The van der Waals surface area contributed by atoms with Crippen LogP contribution in [0.2, 0.25) is 0 Å². The van der Waals surface area contributed by atoms with Crippen molar-refractivity contribution in [2.24, 2.45) is 5.92 Å². The van der Waals surface area contributed by atoms with Gasteiger partial charge in [-0.1, -0.05) is 0 Å². The molecule has 1 atom stereocenters. The first kappa shape index (κ1) is 8.53. The van der Waals surface area contributed by atoms with Gasteiger partial charge < -0.3 is 10.6 Å². The molecule has 0 spiro atoms. The van der Waals surface area contributed by atoms with E-state index in [2.05, 4.69) is 17.6 Å². The zero-order valence-electron chi connectivity index (χ0n) is 7.18. The van der Waals surface area contributed by atoms with Crippen LogP contribution in [0, 0.1) is 5.92 Å². The van der Waals surface area contributed by atoms with E-state index in [9.17, 15) is 4.79 Å². The molecule has 11 heavy (non-hydrogen) atoms. The van der Waals surface area contributed by atoms with Crippen LogP contribution in [-0.2, 0) is 4.79 Å². The van der Waals surface area contributed by atoms with Gasteiger partial charge in [0.05, 0.1) is 6.54 Å². The molecule has 0 bridgehead atoms. The molecule has 1 fully saturated rings. The molecule has 3 heteroatoms. The third-order valence-electron chi connectivity index (χ3n) is 2.06. The molecule has 1 rings (SSSR count). The number of rotatable bonds is 4. The highest BCUT2D eigenvalue weighted by atomic mass is 16.1. The Morgan fingerprint density at radius 3 is 2.73 bits per heavy atom. The Balaban J connectivity index is 2.12. The van der Waals surface area contributed by atoms with Gasteiger partial charge in [0.1, 0.15) is 0 Å². The van der Waals surface area contributed by atoms with Crippen molar-refractivity contribution in [2.75, 3.05) is 13.6 Å². The van der Waals surface area contributed by atoms with Gasteiger partial charge in [-0.05, 0) is 32.7 Å². The maximum Gasteiger partial charge on any atom is 0.234 e. The number of carbonyl (C=O) groups is 1. The van der Waals surface area contributed by atoms with Crippen molar-refractivity contribution >= 4 is 5.91 Å². The van der Waals surface area contributed by atoms with Crippen LogP contribution in [0.15, 0.2) is 0 Å². The Labute approximate surface area is 67.5 Å². The third kappa shape index (κ3) is 2.89. The van der Waals surface area contributed by atoms with Gasteiger partial charge in [0.2, 0.25) is 5.91 Å². The molecule has 0 radical (unpaired) electrons. The summed E-state index contributed by atoms with van der Waals surface area (Å²) in [7, 11) is 1.78. The predicted octanol–water partition coefficient (Wildman–Crippen LogP) is 0.120. The fraction of sp³-hybridized carbons (Fsp3) is 0.875. The summed E-state index contributed by atoms with van der Waals surface area (Å²) in [5.74, 6) is 0.850. The summed E-state index contributed by atoms with van der Waals surface area (Å²) in [5.41, 5.74) is 0. The van der Waals surface area contributed by atoms with Crippen molar-refractivity contribution in [3.05, 3.63) is 0 Å². The van der Waals surface area contributed by atoms with E-state index in [1.165, 1.54) is 12.8 Å². The summed E-state index contributed by atoms with van der Waals surface area (Å²) in [6.07, 6.45) is 2.56. The van der Waals surface area contributed by atoms with Gasteiger partial charge in [0, 0.05) is 6.04 Å². The molecule has 1 amide bonds. The number of hydrogen-bond acceptors (Lipinski definition) is 2. The second-order valence-electron chi connectivity index (χ2n) is 3.22. The van der Waals surface area contributed by atoms with Crippen molar-refractivity contribution in [1.29, 1.82) is 0 Å². The molecule has 1 unspecified atom stereocenters. The molecule has 1 saturated carbocycles. The predicted molar refractivity (Wildman–Crippen MR) is 44.3 cm³/mol. The second kappa shape index (κ2) is 3.72. The first-order chi connectivity index (χ1) is 5.24. The van der Waals surface area contributed by atoms with E-state index < -0.39 is 0 Å². The highest BCUT2D eigenvalue weighted by molar-refractivity contribution is 5.78. The zero-order valence-corrected chi connectivity index (χ0v) is 7.18. The summed E-state index contributed by atoms with van der Waals surface area (Å²) < 4.78 is 0. The standard InChI is InChI=1S/C8H16N2O/c1-6(7-3-4-7)10-8(11)5-9-2/h6-7,9H,3-5H2,1-2H3,(H,10,11).